The van der Waals surface area contributed by atoms with E-state index in [9.17, 15) is 4.79 Å². The average Bonchev–Trinajstić information content (AvgIpc) is 2.69. The standard InChI is InChI=1S/C14H19N3O/c1-9-3-4-13-12(5-9)11(8-16-13)6-14(18)17-7-10(2)15/h3-5,8,10,16H,6-7,15H2,1-2H3,(H,17,18). The number of carbonyl (C=O) groups is 1. The Labute approximate surface area is 107 Å². The lowest BCUT2D eigenvalue weighted by Gasteiger charge is -2.07. The van der Waals surface area contributed by atoms with E-state index >= 15 is 0 Å². The Morgan fingerprint density at radius 2 is 2.28 bits per heavy atom. The molecule has 1 aromatic carbocycles. The van der Waals surface area contributed by atoms with Crippen LogP contribution in [0.5, 0.6) is 0 Å². The number of rotatable bonds is 4. The number of benzene rings is 1. The van der Waals surface area contributed by atoms with Gasteiger partial charge in [-0.15, -0.1) is 0 Å². The van der Waals surface area contributed by atoms with E-state index in [1.165, 1.54) is 5.56 Å². The summed E-state index contributed by atoms with van der Waals surface area (Å²) >= 11 is 0. The minimum absolute atomic E-state index is 0.00899. The van der Waals surface area contributed by atoms with E-state index in [-0.39, 0.29) is 11.9 Å². The van der Waals surface area contributed by atoms with E-state index in [0.29, 0.717) is 13.0 Å². The molecule has 4 heteroatoms. The van der Waals surface area contributed by atoms with Gasteiger partial charge in [0.15, 0.2) is 0 Å². The summed E-state index contributed by atoms with van der Waals surface area (Å²) in [6.07, 6.45) is 2.28. The van der Waals surface area contributed by atoms with Gasteiger partial charge in [0, 0.05) is 29.7 Å². The van der Waals surface area contributed by atoms with Gasteiger partial charge in [0.25, 0.3) is 0 Å². The molecular formula is C14H19N3O. The van der Waals surface area contributed by atoms with E-state index < -0.39 is 0 Å². The van der Waals surface area contributed by atoms with Gasteiger partial charge in [-0.25, -0.2) is 0 Å². The molecule has 1 aromatic heterocycles. The first-order valence-electron chi connectivity index (χ1n) is 6.15. The molecule has 0 fully saturated rings. The number of carbonyl (C=O) groups excluding carboxylic acids is 1. The van der Waals surface area contributed by atoms with Crippen LogP contribution in [0.4, 0.5) is 0 Å². The van der Waals surface area contributed by atoms with E-state index in [1.54, 1.807) is 0 Å². The molecule has 4 N–H and O–H groups in total. The molecule has 18 heavy (non-hydrogen) atoms. The zero-order valence-corrected chi connectivity index (χ0v) is 10.8. The molecule has 2 rings (SSSR count). The smallest absolute Gasteiger partial charge is 0.224 e. The molecule has 1 heterocycles. The highest BCUT2D eigenvalue weighted by atomic mass is 16.1. The quantitative estimate of drug-likeness (QED) is 0.763. The predicted octanol–water partition coefficient (Wildman–Crippen LogP) is 1.48. The van der Waals surface area contributed by atoms with E-state index in [4.69, 9.17) is 5.73 Å². The molecule has 0 saturated carbocycles. The molecule has 4 nitrogen and oxygen atoms in total. The lowest BCUT2D eigenvalue weighted by Crippen LogP contribution is -2.35. The van der Waals surface area contributed by atoms with Crippen LogP contribution in [-0.4, -0.2) is 23.5 Å². The van der Waals surface area contributed by atoms with Gasteiger partial charge in [-0.05, 0) is 31.5 Å². The highest BCUT2D eigenvalue weighted by Gasteiger charge is 2.09. The zero-order chi connectivity index (χ0) is 13.1. The number of hydrogen-bond acceptors (Lipinski definition) is 2. The van der Waals surface area contributed by atoms with Crippen molar-refractivity contribution >= 4 is 16.8 Å². The van der Waals surface area contributed by atoms with Crippen LogP contribution in [0, 0.1) is 6.92 Å². The molecule has 0 spiro atoms. The fourth-order valence-electron chi connectivity index (χ4n) is 1.95. The maximum absolute atomic E-state index is 11.8. The van der Waals surface area contributed by atoms with Crippen molar-refractivity contribution in [2.24, 2.45) is 5.73 Å². The fraction of sp³-hybridized carbons (Fsp3) is 0.357. The zero-order valence-electron chi connectivity index (χ0n) is 10.8. The SMILES string of the molecule is Cc1ccc2[nH]cc(CC(=O)NCC(C)N)c2c1. The number of amides is 1. The third-order valence-corrected chi connectivity index (χ3v) is 2.90. The number of nitrogens with one attached hydrogen (secondary N) is 2. The van der Waals surface area contributed by atoms with Crippen LogP contribution in [0.15, 0.2) is 24.4 Å². The first-order chi connectivity index (χ1) is 8.56. The van der Waals surface area contributed by atoms with Crippen LogP contribution < -0.4 is 11.1 Å². The lowest BCUT2D eigenvalue weighted by atomic mass is 10.1. The van der Waals surface area contributed by atoms with Crippen molar-refractivity contribution in [2.75, 3.05) is 6.54 Å². The van der Waals surface area contributed by atoms with Gasteiger partial charge in [0.05, 0.1) is 6.42 Å². The topological polar surface area (TPSA) is 70.9 Å². The van der Waals surface area contributed by atoms with Crippen molar-refractivity contribution in [1.82, 2.24) is 10.3 Å². The van der Waals surface area contributed by atoms with Crippen molar-refractivity contribution in [1.29, 1.82) is 0 Å². The summed E-state index contributed by atoms with van der Waals surface area (Å²) < 4.78 is 0. The summed E-state index contributed by atoms with van der Waals surface area (Å²) in [5.74, 6) is 0.00899. The van der Waals surface area contributed by atoms with Crippen molar-refractivity contribution in [3.63, 3.8) is 0 Å². The Balaban J connectivity index is 2.12. The number of H-pyrrole nitrogens is 1. The van der Waals surface area contributed by atoms with Gasteiger partial charge in [-0.2, -0.15) is 0 Å². The number of aryl methyl sites for hydroxylation is 1. The second-order valence-electron chi connectivity index (χ2n) is 4.82. The third-order valence-electron chi connectivity index (χ3n) is 2.90. The average molecular weight is 245 g/mol. The summed E-state index contributed by atoms with van der Waals surface area (Å²) in [4.78, 5) is 14.9. The highest BCUT2D eigenvalue weighted by molar-refractivity contribution is 5.89. The molecule has 1 amide bonds. The van der Waals surface area contributed by atoms with Crippen LogP contribution >= 0.6 is 0 Å². The molecule has 1 unspecified atom stereocenters. The van der Waals surface area contributed by atoms with Crippen molar-refractivity contribution in [3.8, 4) is 0 Å². The molecule has 0 bridgehead atoms. The third kappa shape index (κ3) is 2.90. The molecule has 0 saturated heterocycles. The van der Waals surface area contributed by atoms with Crippen molar-refractivity contribution in [2.45, 2.75) is 26.3 Å². The Morgan fingerprint density at radius 1 is 1.50 bits per heavy atom. The van der Waals surface area contributed by atoms with Gasteiger partial charge >= 0.3 is 0 Å². The number of fused-ring (bicyclic) bond motifs is 1. The molecule has 1 atom stereocenters. The molecule has 0 aliphatic heterocycles. The van der Waals surface area contributed by atoms with E-state index in [0.717, 1.165) is 16.5 Å². The number of nitrogens with two attached hydrogens (primary N) is 1. The molecular weight excluding hydrogens is 226 g/mol. The van der Waals surface area contributed by atoms with Gasteiger partial charge in [-0.1, -0.05) is 11.6 Å². The second kappa shape index (κ2) is 5.23. The van der Waals surface area contributed by atoms with Gasteiger partial charge in [0.2, 0.25) is 5.91 Å². The lowest BCUT2D eigenvalue weighted by molar-refractivity contribution is -0.120. The van der Waals surface area contributed by atoms with Crippen LogP contribution in [0.2, 0.25) is 0 Å². The maximum Gasteiger partial charge on any atom is 0.224 e. The first kappa shape index (κ1) is 12.6. The Bertz CT molecular complexity index is 557. The number of aromatic nitrogens is 1. The minimum Gasteiger partial charge on any atom is -0.361 e. The summed E-state index contributed by atoms with van der Waals surface area (Å²) in [5, 5.41) is 3.94. The van der Waals surface area contributed by atoms with Gasteiger partial charge in [0.1, 0.15) is 0 Å². The molecule has 96 valence electrons. The number of aromatic amines is 1. The van der Waals surface area contributed by atoms with Crippen LogP contribution in [-0.2, 0) is 11.2 Å². The normalized spacial score (nSPS) is 12.6. The van der Waals surface area contributed by atoms with E-state index in [1.807, 2.05) is 26.1 Å². The Morgan fingerprint density at radius 3 is 3.00 bits per heavy atom. The van der Waals surface area contributed by atoms with Crippen LogP contribution in [0.25, 0.3) is 10.9 Å². The molecule has 2 aromatic rings. The van der Waals surface area contributed by atoms with Crippen LogP contribution in [0.1, 0.15) is 18.1 Å². The minimum atomic E-state index is -0.0147. The molecule has 0 aliphatic carbocycles. The van der Waals surface area contributed by atoms with Crippen LogP contribution in [0.3, 0.4) is 0 Å². The van der Waals surface area contributed by atoms with Crippen molar-refractivity contribution < 1.29 is 4.79 Å². The monoisotopic (exact) mass is 245 g/mol. The second-order valence-corrected chi connectivity index (χ2v) is 4.82. The largest absolute Gasteiger partial charge is 0.361 e. The maximum atomic E-state index is 11.8. The Kier molecular flexibility index (Phi) is 3.67. The van der Waals surface area contributed by atoms with E-state index in [2.05, 4.69) is 22.4 Å². The number of hydrogen-bond donors (Lipinski definition) is 3. The first-order valence-corrected chi connectivity index (χ1v) is 6.15. The Hall–Kier alpha value is -1.81. The molecule has 0 radical (unpaired) electrons. The summed E-state index contributed by atoms with van der Waals surface area (Å²) in [6, 6.07) is 6.17. The van der Waals surface area contributed by atoms with Gasteiger partial charge < -0.3 is 16.0 Å². The summed E-state index contributed by atoms with van der Waals surface area (Å²) in [7, 11) is 0. The summed E-state index contributed by atoms with van der Waals surface area (Å²) in [6.45, 7) is 4.43. The molecule has 0 aliphatic rings. The summed E-state index contributed by atoms with van der Waals surface area (Å²) in [5.41, 5.74) is 8.89. The fourth-order valence-corrected chi connectivity index (χ4v) is 1.95. The predicted molar refractivity (Wildman–Crippen MR) is 73.4 cm³/mol. The highest BCUT2D eigenvalue weighted by Crippen LogP contribution is 2.19. The van der Waals surface area contributed by atoms with Gasteiger partial charge in [-0.3, -0.25) is 4.79 Å². The van der Waals surface area contributed by atoms with Crippen molar-refractivity contribution in [3.05, 3.63) is 35.5 Å².